The highest BCUT2D eigenvalue weighted by Crippen LogP contribution is 2.24. The lowest BCUT2D eigenvalue weighted by atomic mass is 10.3. The smallest absolute Gasteiger partial charge is 0.240 e. The lowest BCUT2D eigenvalue weighted by Gasteiger charge is -2.33. The molecule has 2 aromatic heterocycles. The molecule has 0 aromatic carbocycles. The summed E-state index contributed by atoms with van der Waals surface area (Å²) in [5.41, 5.74) is 5.47. The number of nitrogens with two attached hydrogens (primary N) is 1. The van der Waals surface area contributed by atoms with Crippen LogP contribution >= 0.6 is 11.3 Å². The van der Waals surface area contributed by atoms with Crippen molar-refractivity contribution in [2.45, 2.75) is 26.4 Å². The van der Waals surface area contributed by atoms with Crippen molar-refractivity contribution < 1.29 is 4.52 Å². The van der Waals surface area contributed by atoms with Crippen LogP contribution in [0.25, 0.3) is 0 Å². The van der Waals surface area contributed by atoms with Crippen molar-refractivity contribution >= 4 is 16.5 Å². The number of aromatic nitrogens is 3. The van der Waals surface area contributed by atoms with E-state index in [-0.39, 0.29) is 0 Å². The van der Waals surface area contributed by atoms with Gasteiger partial charge in [0.25, 0.3) is 0 Å². The minimum Gasteiger partial charge on any atom is -0.346 e. The summed E-state index contributed by atoms with van der Waals surface area (Å²) in [5, 5.41) is 5.08. The fourth-order valence-corrected chi connectivity index (χ4v) is 3.24. The van der Waals surface area contributed by atoms with E-state index in [4.69, 9.17) is 10.3 Å². The van der Waals surface area contributed by atoms with Crippen molar-refractivity contribution in [3.05, 3.63) is 22.8 Å². The Kier molecular flexibility index (Phi) is 4.47. The van der Waals surface area contributed by atoms with Gasteiger partial charge in [-0.3, -0.25) is 4.90 Å². The molecule has 7 nitrogen and oxygen atoms in total. The number of hydrogen-bond acceptors (Lipinski definition) is 8. The van der Waals surface area contributed by atoms with Crippen molar-refractivity contribution in [3.8, 4) is 0 Å². The first-order valence-corrected chi connectivity index (χ1v) is 8.03. The molecule has 0 spiro atoms. The van der Waals surface area contributed by atoms with Crippen LogP contribution in [0.15, 0.2) is 10.7 Å². The molecule has 114 valence electrons. The maximum Gasteiger partial charge on any atom is 0.240 e. The topological polar surface area (TPSA) is 84.3 Å². The Morgan fingerprint density at radius 1 is 1.33 bits per heavy atom. The highest BCUT2D eigenvalue weighted by atomic mass is 32.1. The molecule has 0 saturated carbocycles. The molecule has 8 heteroatoms. The third kappa shape index (κ3) is 3.39. The van der Waals surface area contributed by atoms with Crippen molar-refractivity contribution in [2.75, 3.05) is 31.1 Å². The molecule has 3 heterocycles. The van der Waals surface area contributed by atoms with Gasteiger partial charge in [0.1, 0.15) is 0 Å². The van der Waals surface area contributed by atoms with E-state index in [0.717, 1.165) is 44.3 Å². The fraction of sp³-hybridized carbons (Fsp3) is 0.615. The highest BCUT2D eigenvalue weighted by molar-refractivity contribution is 7.15. The zero-order valence-electron chi connectivity index (χ0n) is 12.2. The first-order chi connectivity index (χ1) is 10.3. The lowest BCUT2D eigenvalue weighted by Crippen LogP contribution is -2.46. The van der Waals surface area contributed by atoms with Gasteiger partial charge in [-0.2, -0.15) is 4.98 Å². The van der Waals surface area contributed by atoms with E-state index in [1.807, 2.05) is 6.20 Å². The monoisotopic (exact) mass is 308 g/mol. The predicted octanol–water partition coefficient (Wildman–Crippen LogP) is 0.869. The molecule has 1 saturated heterocycles. The summed E-state index contributed by atoms with van der Waals surface area (Å²) in [6.45, 7) is 7.10. The Balaban J connectivity index is 1.52. The van der Waals surface area contributed by atoms with Crippen LogP contribution in [-0.4, -0.2) is 46.2 Å². The SMILES string of the molecule is CCc1cnc(N2CCN(Cc3noc(CN)n3)CC2)s1. The van der Waals surface area contributed by atoms with Crippen molar-refractivity contribution in [2.24, 2.45) is 5.73 Å². The van der Waals surface area contributed by atoms with Gasteiger partial charge in [0.2, 0.25) is 5.89 Å². The normalized spacial score (nSPS) is 16.6. The number of aryl methyl sites for hydroxylation is 1. The van der Waals surface area contributed by atoms with Crippen LogP contribution in [-0.2, 0) is 19.5 Å². The maximum atomic E-state index is 5.47. The van der Waals surface area contributed by atoms with E-state index >= 15 is 0 Å². The maximum absolute atomic E-state index is 5.47. The van der Waals surface area contributed by atoms with E-state index in [0.29, 0.717) is 18.3 Å². The number of anilines is 1. The third-order valence-corrected chi connectivity index (χ3v) is 4.78. The van der Waals surface area contributed by atoms with Crippen LogP contribution < -0.4 is 10.6 Å². The lowest BCUT2D eigenvalue weighted by molar-refractivity contribution is 0.240. The van der Waals surface area contributed by atoms with Crippen molar-refractivity contribution in [3.63, 3.8) is 0 Å². The summed E-state index contributed by atoms with van der Waals surface area (Å²) in [6.07, 6.45) is 3.04. The summed E-state index contributed by atoms with van der Waals surface area (Å²) in [5.74, 6) is 1.21. The molecule has 1 aliphatic rings. The van der Waals surface area contributed by atoms with Crippen molar-refractivity contribution in [1.82, 2.24) is 20.0 Å². The van der Waals surface area contributed by atoms with Crippen LogP contribution in [0.4, 0.5) is 5.13 Å². The Morgan fingerprint density at radius 3 is 2.76 bits per heavy atom. The number of thiazole rings is 1. The molecule has 21 heavy (non-hydrogen) atoms. The van der Waals surface area contributed by atoms with Gasteiger partial charge in [-0.1, -0.05) is 12.1 Å². The van der Waals surface area contributed by atoms with E-state index in [9.17, 15) is 0 Å². The average Bonchev–Trinajstić information content (AvgIpc) is 3.17. The van der Waals surface area contributed by atoms with Crippen LogP contribution in [0.2, 0.25) is 0 Å². The van der Waals surface area contributed by atoms with Gasteiger partial charge in [0.05, 0.1) is 13.1 Å². The summed E-state index contributed by atoms with van der Waals surface area (Å²) in [6, 6.07) is 0. The summed E-state index contributed by atoms with van der Waals surface area (Å²) in [7, 11) is 0. The van der Waals surface area contributed by atoms with Gasteiger partial charge in [0.15, 0.2) is 11.0 Å². The Morgan fingerprint density at radius 2 is 2.14 bits per heavy atom. The van der Waals surface area contributed by atoms with Crippen LogP contribution in [0.1, 0.15) is 23.5 Å². The Hall–Kier alpha value is -1.51. The second-order valence-electron chi connectivity index (χ2n) is 5.03. The van der Waals surface area contributed by atoms with Crippen LogP contribution in [0, 0.1) is 0 Å². The van der Waals surface area contributed by atoms with E-state index < -0.39 is 0 Å². The zero-order valence-corrected chi connectivity index (χ0v) is 13.0. The predicted molar refractivity (Wildman–Crippen MR) is 81.2 cm³/mol. The number of rotatable bonds is 5. The summed E-state index contributed by atoms with van der Waals surface area (Å²) >= 11 is 1.79. The summed E-state index contributed by atoms with van der Waals surface area (Å²) in [4.78, 5) is 14.8. The zero-order chi connectivity index (χ0) is 14.7. The standard InChI is InChI=1S/C13H20N6OS/c1-2-10-8-15-13(21-10)19-5-3-18(4-6-19)9-11-16-12(7-14)20-17-11/h8H,2-7,9,14H2,1H3. The molecule has 3 rings (SSSR count). The molecule has 0 aliphatic carbocycles. The quantitative estimate of drug-likeness (QED) is 0.877. The van der Waals surface area contributed by atoms with Gasteiger partial charge in [0, 0.05) is 37.3 Å². The number of piperazine rings is 1. The average molecular weight is 308 g/mol. The first kappa shape index (κ1) is 14.4. The molecule has 0 unspecified atom stereocenters. The molecule has 1 fully saturated rings. The molecule has 0 atom stereocenters. The van der Waals surface area contributed by atoms with E-state index in [1.165, 1.54) is 4.88 Å². The molecule has 0 bridgehead atoms. The molecular weight excluding hydrogens is 288 g/mol. The molecule has 2 aromatic rings. The molecule has 0 radical (unpaired) electrons. The van der Waals surface area contributed by atoms with Gasteiger partial charge in [-0.25, -0.2) is 4.98 Å². The van der Waals surface area contributed by atoms with Gasteiger partial charge in [-0.05, 0) is 6.42 Å². The highest BCUT2D eigenvalue weighted by Gasteiger charge is 2.20. The number of hydrogen-bond donors (Lipinski definition) is 1. The molecule has 2 N–H and O–H groups in total. The Bertz CT molecular complexity index is 575. The molecule has 0 amide bonds. The largest absolute Gasteiger partial charge is 0.346 e. The van der Waals surface area contributed by atoms with Gasteiger partial charge in [-0.15, -0.1) is 11.3 Å². The van der Waals surface area contributed by atoms with E-state index in [2.05, 4.69) is 31.8 Å². The first-order valence-electron chi connectivity index (χ1n) is 7.22. The van der Waals surface area contributed by atoms with Crippen LogP contribution in [0.5, 0.6) is 0 Å². The van der Waals surface area contributed by atoms with Crippen molar-refractivity contribution in [1.29, 1.82) is 0 Å². The van der Waals surface area contributed by atoms with E-state index in [1.54, 1.807) is 11.3 Å². The fourth-order valence-electron chi connectivity index (χ4n) is 2.34. The minimum atomic E-state index is 0.296. The second kappa shape index (κ2) is 6.50. The minimum absolute atomic E-state index is 0.296. The third-order valence-electron chi connectivity index (χ3n) is 3.58. The van der Waals surface area contributed by atoms with Gasteiger partial charge < -0.3 is 15.2 Å². The van der Waals surface area contributed by atoms with Crippen LogP contribution in [0.3, 0.4) is 0 Å². The molecule has 1 aliphatic heterocycles. The number of nitrogens with zero attached hydrogens (tertiary/aromatic N) is 5. The summed E-state index contributed by atoms with van der Waals surface area (Å²) < 4.78 is 5.03. The van der Waals surface area contributed by atoms with Gasteiger partial charge >= 0.3 is 0 Å². The Labute approximate surface area is 127 Å². The second-order valence-corrected chi connectivity index (χ2v) is 6.13. The molecular formula is C13H20N6OS.